The molecule has 0 heterocycles. The van der Waals surface area contributed by atoms with Crippen molar-refractivity contribution in [2.24, 2.45) is 0 Å². The molecule has 19 heavy (non-hydrogen) atoms. The molecular formula is C15H19BrO3. The zero-order valence-electron chi connectivity index (χ0n) is 11.1. The first-order chi connectivity index (χ1) is 9.00. The van der Waals surface area contributed by atoms with Crippen molar-refractivity contribution in [2.45, 2.75) is 45.4 Å². The summed E-state index contributed by atoms with van der Waals surface area (Å²) in [4.78, 5) is 22.3. The molecule has 0 saturated heterocycles. The summed E-state index contributed by atoms with van der Waals surface area (Å²) in [6, 6.07) is 5.68. The van der Waals surface area contributed by atoms with Gasteiger partial charge in [-0.05, 0) is 37.5 Å². The van der Waals surface area contributed by atoms with Crippen LogP contribution in [0.25, 0.3) is 0 Å². The Morgan fingerprint density at radius 1 is 1.11 bits per heavy atom. The van der Waals surface area contributed by atoms with Crippen LogP contribution in [0.1, 0.15) is 54.4 Å². The minimum Gasteiger partial charge on any atom is -0.481 e. The predicted molar refractivity (Wildman–Crippen MR) is 78.5 cm³/mol. The standard InChI is InChI=1S/C15H19BrO3/c1-11-10-12(16)8-9-13(11)14(17)6-4-2-3-5-7-15(18)19/h8-10H,2-7H2,1H3,(H,18,19). The Labute approximate surface area is 122 Å². The maximum absolute atomic E-state index is 12.0. The smallest absolute Gasteiger partial charge is 0.303 e. The van der Waals surface area contributed by atoms with Crippen LogP contribution in [-0.4, -0.2) is 16.9 Å². The second-order valence-corrected chi connectivity index (χ2v) is 5.61. The van der Waals surface area contributed by atoms with Crippen molar-refractivity contribution in [3.8, 4) is 0 Å². The number of unbranched alkanes of at least 4 members (excludes halogenated alkanes) is 3. The van der Waals surface area contributed by atoms with Crippen molar-refractivity contribution in [2.75, 3.05) is 0 Å². The lowest BCUT2D eigenvalue weighted by Crippen LogP contribution is -2.01. The molecule has 0 spiro atoms. The van der Waals surface area contributed by atoms with Crippen LogP contribution >= 0.6 is 15.9 Å². The first-order valence-electron chi connectivity index (χ1n) is 6.52. The molecule has 1 rings (SSSR count). The molecule has 0 fully saturated rings. The van der Waals surface area contributed by atoms with E-state index in [9.17, 15) is 9.59 Å². The SMILES string of the molecule is Cc1cc(Br)ccc1C(=O)CCCCCCC(=O)O. The quantitative estimate of drug-likeness (QED) is 0.570. The highest BCUT2D eigenvalue weighted by Gasteiger charge is 2.08. The number of Topliss-reactive ketones (excluding diaryl/α,β-unsaturated/α-hetero) is 1. The lowest BCUT2D eigenvalue weighted by atomic mass is 10.00. The first-order valence-corrected chi connectivity index (χ1v) is 7.31. The molecule has 0 aliphatic heterocycles. The number of halogens is 1. The maximum Gasteiger partial charge on any atom is 0.303 e. The van der Waals surface area contributed by atoms with Gasteiger partial charge in [-0.1, -0.05) is 34.8 Å². The molecule has 104 valence electrons. The number of carbonyl (C=O) groups is 2. The van der Waals surface area contributed by atoms with Gasteiger partial charge < -0.3 is 5.11 Å². The zero-order chi connectivity index (χ0) is 14.3. The van der Waals surface area contributed by atoms with E-state index in [0.29, 0.717) is 12.8 Å². The lowest BCUT2D eigenvalue weighted by Gasteiger charge is -2.05. The Morgan fingerprint density at radius 3 is 2.32 bits per heavy atom. The Balaban J connectivity index is 2.29. The minimum atomic E-state index is -0.749. The minimum absolute atomic E-state index is 0.170. The van der Waals surface area contributed by atoms with Gasteiger partial charge >= 0.3 is 5.97 Å². The molecule has 3 nitrogen and oxygen atoms in total. The molecule has 0 atom stereocenters. The number of rotatable bonds is 8. The van der Waals surface area contributed by atoms with E-state index >= 15 is 0 Å². The van der Waals surface area contributed by atoms with E-state index in [1.807, 2.05) is 25.1 Å². The van der Waals surface area contributed by atoms with Gasteiger partial charge in [-0.3, -0.25) is 9.59 Å². The van der Waals surface area contributed by atoms with Gasteiger partial charge in [0.25, 0.3) is 0 Å². The summed E-state index contributed by atoms with van der Waals surface area (Å²) < 4.78 is 0.982. The van der Waals surface area contributed by atoms with Gasteiger partial charge in [-0.25, -0.2) is 0 Å². The Morgan fingerprint density at radius 2 is 1.74 bits per heavy atom. The number of carbonyl (C=O) groups excluding carboxylic acids is 1. The van der Waals surface area contributed by atoms with Crippen molar-refractivity contribution >= 4 is 27.7 Å². The second-order valence-electron chi connectivity index (χ2n) is 4.69. The van der Waals surface area contributed by atoms with E-state index in [-0.39, 0.29) is 12.2 Å². The van der Waals surface area contributed by atoms with Crippen molar-refractivity contribution in [1.29, 1.82) is 0 Å². The van der Waals surface area contributed by atoms with E-state index in [1.165, 1.54) is 0 Å². The molecule has 1 aromatic rings. The van der Waals surface area contributed by atoms with Crippen LogP contribution in [0.4, 0.5) is 0 Å². The van der Waals surface area contributed by atoms with Crippen molar-refractivity contribution < 1.29 is 14.7 Å². The van der Waals surface area contributed by atoms with Crippen LogP contribution in [0.5, 0.6) is 0 Å². The number of benzene rings is 1. The van der Waals surface area contributed by atoms with Crippen molar-refractivity contribution in [3.05, 3.63) is 33.8 Å². The fraction of sp³-hybridized carbons (Fsp3) is 0.467. The second kappa shape index (κ2) is 8.10. The molecule has 1 N–H and O–H groups in total. The monoisotopic (exact) mass is 326 g/mol. The highest BCUT2D eigenvalue weighted by atomic mass is 79.9. The summed E-state index contributed by atoms with van der Waals surface area (Å²) in [5.41, 5.74) is 1.78. The Hall–Kier alpha value is -1.16. The van der Waals surface area contributed by atoms with Gasteiger partial charge in [0.15, 0.2) is 5.78 Å². The number of hydrogen-bond donors (Lipinski definition) is 1. The Bertz CT molecular complexity index is 455. The van der Waals surface area contributed by atoms with Crippen LogP contribution < -0.4 is 0 Å². The third-order valence-corrected chi connectivity index (χ3v) is 3.53. The first kappa shape index (κ1) is 15.9. The summed E-state index contributed by atoms with van der Waals surface area (Å²) in [7, 11) is 0. The lowest BCUT2D eigenvalue weighted by molar-refractivity contribution is -0.137. The highest BCUT2D eigenvalue weighted by molar-refractivity contribution is 9.10. The Kier molecular flexibility index (Phi) is 6.78. The van der Waals surface area contributed by atoms with Crippen LogP contribution in [0.3, 0.4) is 0 Å². The van der Waals surface area contributed by atoms with Crippen LogP contribution in [0.2, 0.25) is 0 Å². The summed E-state index contributed by atoms with van der Waals surface area (Å²) in [5, 5.41) is 8.50. The maximum atomic E-state index is 12.0. The molecule has 0 radical (unpaired) electrons. The third-order valence-electron chi connectivity index (χ3n) is 3.03. The summed E-state index contributed by atoms with van der Waals surface area (Å²) in [6.07, 6.45) is 4.07. The van der Waals surface area contributed by atoms with Gasteiger partial charge in [0.05, 0.1) is 0 Å². The third kappa shape index (κ3) is 6.01. The van der Waals surface area contributed by atoms with Gasteiger partial charge in [-0.2, -0.15) is 0 Å². The molecule has 4 heteroatoms. The van der Waals surface area contributed by atoms with Gasteiger partial charge in [-0.15, -0.1) is 0 Å². The molecule has 0 aliphatic rings. The van der Waals surface area contributed by atoms with Gasteiger partial charge in [0.2, 0.25) is 0 Å². The molecule has 0 unspecified atom stereocenters. The average Bonchev–Trinajstić information content (AvgIpc) is 2.32. The van der Waals surface area contributed by atoms with Crippen molar-refractivity contribution in [3.63, 3.8) is 0 Å². The van der Waals surface area contributed by atoms with E-state index in [0.717, 1.165) is 34.9 Å². The zero-order valence-corrected chi connectivity index (χ0v) is 12.7. The topological polar surface area (TPSA) is 54.4 Å². The van der Waals surface area contributed by atoms with Crippen LogP contribution in [-0.2, 0) is 4.79 Å². The summed E-state index contributed by atoms with van der Waals surface area (Å²) >= 11 is 3.38. The largest absolute Gasteiger partial charge is 0.481 e. The number of hydrogen-bond acceptors (Lipinski definition) is 2. The van der Waals surface area contributed by atoms with Gasteiger partial charge in [0, 0.05) is 22.9 Å². The number of carboxylic acid groups (broad SMARTS) is 1. The fourth-order valence-electron chi connectivity index (χ4n) is 1.99. The van der Waals surface area contributed by atoms with E-state index in [4.69, 9.17) is 5.11 Å². The van der Waals surface area contributed by atoms with E-state index in [2.05, 4.69) is 15.9 Å². The number of carboxylic acids is 1. The normalized spacial score (nSPS) is 10.4. The van der Waals surface area contributed by atoms with E-state index < -0.39 is 5.97 Å². The van der Waals surface area contributed by atoms with Gasteiger partial charge in [0.1, 0.15) is 0 Å². The summed E-state index contributed by atoms with van der Waals surface area (Å²) in [6.45, 7) is 1.94. The van der Waals surface area contributed by atoms with Crippen LogP contribution in [0.15, 0.2) is 22.7 Å². The predicted octanol–water partition coefficient (Wildman–Crippen LogP) is 4.37. The number of aliphatic carboxylic acids is 1. The van der Waals surface area contributed by atoms with Crippen LogP contribution in [0, 0.1) is 6.92 Å². The fourth-order valence-corrected chi connectivity index (χ4v) is 2.47. The highest BCUT2D eigenvalue weighted by Crippen LogP contribution is 2.18. The van der Waals surface area contributed by atoms with E-state index in [1.54, 1.807) is 0 Å². The average molecular weight is 327 g/mol. The summed E-state index contributed by atoms with van der Waals surface area (Å²) in [5.74, 6) is -0.579. The molecule has 0 aromatic heterocycles. The molecule has 0 saturated carbocycles. The molecule has 0 bridgehead atoms. The number of aryl methyl sites for hydroxylation is 1. The number of ketones is 1. The molecule has 0 amide bonds. The van der Waals surface area contributed by atoms with Crippen molar-refractivity contribution in [1.82, 2.24) is 0 Å². The molecule has 0 aliphatic carbocycles. The molecule has 1 aromatic carbocycles. The molecular weight excluding hydrogens is 308 g/mol.